The Labute approximate surface area is 354 Å². The van der Waals surface area contributed by atoms with E-state index < -0.39 is 0 Å². The van der Waals surface area contributed by atoms with Crippen LogP contribution in [0.3, 0.4) is 0 Å². The largest absolute Gasteiger partial charge is 0.309 e. The van der Waals surface area contributed by atoms with Crippen molar-refractivity contribution in [3.8, 4) is 17.1 Å². The molecule has 3 nitrogen and oxygen atoms in total. The van der Waals surface area contributed by atoms with E-state index >= 15 is 0 Å². The number of aromatic nitrogens is 3. The highest BCUT2D eigenvalue weighted by Crippen LogP contribution is 2.42. The third-order valence-corrected chi connectivity index (χ3v) is 14.7. The second-order valence-electron chi connectivity index (χ2n) is 19.2. The Morgan fingerprint density at radius 3 is 0.817 bits per heavy atom. The molecule has 0 aliphatic rings. The van der Waals surface area contributed by atoms with Crippen LogP contribution < -0.4 is 0 Å². The van der Waals surface area contributed by atoms with E-state index in [0.717, 1.165) is 36.3 Å². The number of para-hydroxylation sites is 3. The summed E-state index contributed by atoms with van der Waals surface area (Å²) in [6, 6.07) is 55.7. The predicted molar refractivity (Wildman–Crippen MR) is 259 cm³/mol. The van der Waals surface area contributed by atoms with E-state index in [9.17, 15) is 0 Å². The molecule has 0 fully saturated rings. The van der Waals surface area contributed by atoms with Crippen molar-refractivity contribution in [2.45, 2.75) is 97.8 Å². The van der Waals surface area contributed by atoms with Crippen LogP contribution in [0.2, 0.25) is 0 Å². The summed E-state index contributed by atoms with van der Waals surface area (Å²) < 4.78 is 7.52. The second kappa shape index (κ2) is 13.7. The summed E-state index contributed by atoms with van der Waals surface area (Å²) in [4.78, 5) is 0. The highest BCUT2D eigenvalue weighted by atomic mass is 15.0. The quantitative estimate of drug-likeness (QED) is 0.138. The average Bonchev–Trinajstić information content (AvgIpc) is 3.91. The molecular weight excluding hydrogens is 727 g/mol. The molecule has 3 heterocycles. The Morgan fingerprint density at radius 1 is 0.300 bits per heavy atom. The molecule has 0 bridgehead atoms. The lowest BCUT2D eigenvalue weighted by atomic mass is 9.82. The van der Waals surface area contributed by atoms with Gasteiger partial charge in [0.1, 0.15) is 0 Å². The van der Waals surface area contributed by atoms with Gasteiger partial charge in [-0.2, -0.15) is 0 Å². The van der Waals surface area contributed by atoms with Crippen molar-refractivity contribution < 1.29 is 0 Å². The fraction of sp³-hybridized carbons (Fsp3) is 0.263. The van der Waals surface area contributed by atoms with Crippen molar-refractivity contribution in [2.75, 3.05) is 0 Å². The molecule has 0 unspecified atom stereocenters. The topological polar surface area (TPSA) is 14.8 Å². The Morgan fingerprint density at radius 2 is 0.550 bits per heavy atom. The normalized spacial score (nSPS) is 12.9. The second-order valence-corrected chi connectivity index (χ2v) is 19.2. The Hall–Kier alpha value is -6.06. The summed E-state index contributed by atoms with van der Waals surface area (Å²) in [5.74, 6) is 0. The average molecular weight is 784 g/mol. The van der Waals surface area contributed by atoms with Gasteiger partial charge in [-0.05, 0) is 125 Å². The monoisotopic (exact) mass is 783 g/mol. The zero-order valence-electron chi connectivity index (χ0n) is 36.8. The van der Waals surface area contributed by atoms with Gasteiger partial charge < -0.3 is 13.7 Å². The predicted octanol–water partition coefficient (Wildman–Crippen LogP) is 16.0. The van der Waals surface area contributed by atoms with Crippen molar-refractivity contribution in [3.05, 3.63) is 162 Å². The summed E-state index contributed by atoms with van der Waals surface area (Å²) in [6.07, 6.45) is 3.24. The van der Waals surface area contributed by atoms with Crippen LogP contribution in [0.15, 0.2) is 146 Å². The van der Waals surface area contributed by atoms with E-state index in [4.69, 9.17) is 0 Å². The number of rotatable bonds is 9. The van der Waals surface area contributed by atoms with E-state index in [1.54, 1.807) is 0 Å². The minimum atomic E-state index is 0.0793. The van der Waals surface area contributed by atoms with Gasteiger partial charge in [0.2, 0.25) is 0 Å². The fourth-order valence-corrected chi connectivity index (χ4v) is 9.60. The maximum absolute atomic E-state index is 2.51. The van der Waals surface area contributed by atoms with Gasteiger partial charge in [0.25, 0.3) is 0 Å². The molecule has 60 heavy (non-hydrogen) atoms. The highest BCUT2D eigenvalue weighted by molar-refractivity contribution is 6.12. The fourth-order valence-electron chi connectivity index (χ4n) is 9.60. The molecule has 300 valence electrons. The van der Waals surface area contributed by atoms with Gasteiger partial charge in [-0.3, -0.25) is 0 Å². The van der Waals surface area contributed by atoms with Gasteiger partial charge in [-0.1, -0.05) is 135 Å². The van der Waals surface area contributed by atoms with Gasteiger partial charge in [0.05, 0.1) is 50.2 Å². The van der Waals surface area contributed by atoms with Crippen molar-refractivity contribution in [3.63, 3.8) is 0 Å². The minimum Gasteiger partial charge on any atom is -0.309 e. The number of hydrogen-bond donors (Lipinski definition) is 0. The molecular formula is C57H57N3. The third kappa shape index (κ3) is 5.76. The molecule has 7 aromatic carbocycles. The van der Waals surface area contributed by atoms with Crippen LogP contribution in [0.1, 0.15) is 98.3 Å². The standard InChI is InChI=1S/C57H57N3/c1-10-55(4,5)37-25-28-52-46(31-37)43-19-13-16-22-49(43)58(52)40-34-41(59-50-23-17-14-20-44(50)47-32-38(26-29-53(47)59)56(6,7)11-2)36-42(35-40)60-51-24-18-15-21-45(51)48-33-39(27-30-54(48)60)57(8,9)12-3/h13-36H,10-12H2,1-9H3. The van der Waals surface area contributed by atoms with E-state index in [2.05, 4.69) is 222 Å². The lowest BCUT2D eigenvalue weighted by Gasteiger charge is -2.24. The Kier molecular flexibility index (Phi) is 8.74. The molecule has 10 rings (SSSR count). The smallest absolute Gasteiger partial charge is 0.0541 e. The Bertz CT molecular complexity index is 2940. The van der Waals surface area contributed by atoms with Crippen LogP contribution in [0.5, 0.6) is 0 Å². The highest BCUT2D eigenvalue weighted by Gasteiger charge is 2.25. The Balaban J connectivity index is 1.33. The molecule has 10 aromatic rings. The first-order chi connectivity index (χ1) is 28.8. The molecule has 0 saturated heterocycles. The lowest BCUT2D eigenvalue weighted by Crippen LogP contribution is -2.15. The zero-order chi connectivity index (χ0) is 41.7. The van der Waals surface area contributed by atoms with Gasteiger partial charge >= 0.3 is 0 Å². The first kappa shape index (κ1) is 38.2. The van der Waals surface area contributed by atoms with Gasteiger partial charge in [0.15, 0.2) is 0 Å². The lowest BCUT2D eigenvalue weighted by molar-refractivity contribution is 0.507. The van der Waals surface area contributed by atoms with Crippen molar-refractivity contribution >= 4 is 65.4 Å². The number of nitrogens with zero attached hydrogens (tertiary/aromatic N) is 3. The van der Waals surface area contributed by atoms with Crippen LogP contribution in [0.25, 0.3) is 82.5 Å². The molecule has 0 N–H and O–H groups in total. The number of benzene rings is 7. The van der Waals surface area contributed by atoms with Gasteiger partial charge in [-0.15, -0.1) is 0 Å². The van der Waals surface area contributed by atoms with Crippen molar-refractivity contribution in [1.82, 2.24) is 13.7 Å². The SMILES string of the molecule is CCC(C)(C)c1ccc2c(c1)c1ccccc1n2-c1cc(-n2c3ccccc3c3cc(C(C)(C)CC)ccc32)cc(-n2c3ccccc3c3cc(C(C)(C)CC)ccc32)c1. The number of hydrogen-bond acceptors (Lipinski definition) is 0. The number of fused-ring (bicyclic) bond motifs is 9. The van der Waals surface area contributed by atoms with Crippen molar-refractivity contribution in [1.29, 1.82) is 0 Å². The van der Waals surface area contributed by atoms with Gasteiger partial charge in [0, 0.05) is 32.3 Å². The first-order valence-electron chi connectivity index (χ1n) is 22.1. The summed E-state index contributed by atoms with van der Waals surface area (Å²) in [7, 11) is 0. The summed E-state index contributed by atoms with van der Waals surface area (Å²) in [5.41, 5.74) is 15.1. The van der Waals surface area contributed by atoms with Crippen LogP contribution in [-0.2, 0) is 16.2 Å². The maximum Gasteiger partial charge on any atom is 0.0541 e. The van der Waals surface area contributed by atoms with Crippen molar-refractivity contribution in [2.24, 2.45) is 0 Å². The molecule has 0 aliphatic carbocycles. The maximum atomic E-state index is 2.51. The first-order valence-corrected chi connectivity index (χ1v) is 22.1. The molecule has 0 radical (unpaired) electrons. The molecule has 0 aliphatic heterocycles. The summed E-state index contributed by atoms with van der Waals surface area (Å²) >= 11 is 0. The van der Waals surface area contributed by atoms with Crippen LogP contribution >= 0.6 is 0 Å². The molecule has 0 saturated carbocycles. The minimum absolute atomic E-state index is 0.0793. The van der Waals surface area contributed by atoms with E-state index in [1.165, 1.54) is 82.1 Å². The molecule has 0 atom stereocenters. The van der Waals surface area contributed by atoms with E-state index in [-0.39, 0.29) is 16.2 Å². The molecule has 0 spiro atoms. The molecule has 0 amide bonds. The summed E-state index contributed by atoms with van der Waals surface area (Å²) in [6.45, 7) is 21.0. The van der Waals surface area contributed by atoms with Crippen LogP contribution in [0.4, 0.5) is 0 Å². The molecule has 3 heteroatoms. The third-order valence-electron chi connectivity index (χ3n) is 14.7. The van der Waals surface area contributed by atoms with E-state index in [0.29, 0.717) is 0 Å². The zero-order valence-corrected chi connectivity index (χ0v) is 36.8. The van der Waals surface area contributed by atoms with Gasteiger partial charge in [-0.25, -0.2) is 0 Å². The summed E-state index contributed by atoms with van der Waals surface area (Å²) in [5, 5.41) is 7.71. The van der Waals surface area contributed by atoms with Crippen LogP contribution in [0, 0.1) is 0 Å². The van der Waals surface area contributed by atoms with E-state index in [1.807, 2.05) is 0 Å². The molecule has 3 aromatic heterocycles. The van der Waals surface area contributed by atoms with Crippen LogP contribution in [-0.4, -0.2) is 13.7 Å².